The summed E-state index contributed by atoms with van der Waals surface area (Å²) >= 11 is 1.28. The van der Waals surface area contributed by atoms with Crippen LogP contribution < -0.4 is 10.5 Å². The summed E-state index contributed by atoms with van der Waals surface area (Å²) in [7, 11) is -4.66. The number of ether oxygens (including phenoxy) is 1. The average Bonchev–Trinajstić information content (AvgIpc) is 2.91. The van der Waals surface area contributed by atoms with E-state index >= 15 is 0 Å². The summed E-state index contributed by atoms with van der Waals surface area (Å²) in [6.07, 6.45) is 1.91. The van der Waals surface area contributed by atoms with Crippen LogP contribution in [-0.4, -0.2) is 60.9 Å². The number of piperidine rings is 1. The molecule has 1 unspecified atom stereocenters. The minimum Gasteiger partial charge on any atom is -0.490 e. The molecule has 1 aliphatic heterocycles. The molecule has 0 saturated carbocycles. The molecule has 0 bridgehead atoms. The van der Waals surface area contributed by atoms with E-state index in [1.165, 1.54) is 6.07 Å². The van der Waals surface area contributed by atoms with Gasteiger partial charge in [0, 0.05) is 45.6 Å². The molecular weight excluding hydrogens is 576 g/mol. The molecular formula is C23H24N2O11S3. The molecule has 1 saturated heterocycles. The van der Waals surface area contributed by atoms with Gasteiger partial charge in [0.25, 0.3) is 10.1 Å². The van der Waals surface area contributed by atoms with Crippen molar-refractivity contribution in [3.8, 4) is 5.75 Å². The van der Waals surface area contributed by atoms with Gasteiger partial charge in [-0.25, -0.2) is 10.5 Å². The minimum atomic E-state index is -4.66. The Morgan fingerprint density at radius 3 is 2.18 bits per heavy atom. The first-order chi connectivity index (χ1) is 18.8. The molecule has 5 rings (SSSR count). The van der Waals surface area contributed by atoms with Gasteiger partial charge in [-0.15, -0.1) is 8.67 Å². The van der Waals surface area contributed by atoms with Gasteiger partial charge in [0.05, 0.1) is 29.0 Å². The lowest BCUT2D eigenvalue weighted by Crippen LogP contribution is -2.43. The summed E-state index contributed by atoms with van der Waals surface area (Å²) in [4.78, 5) is 6.18. The Kier molecular flexibility index (Phi) is 8.94. The van der Waals surface area contributed by atoms with Gasteiger partial charge in [-0.2, -0.15) is 13.5 Å². The number of nitrogens with two attached hydrogens (primary N) is 1. The van der Waals surface area contributed by atoms with Crippen molar-refractivity contribution in [3.05, 3.63) is 36.4 Å². The Balaban J connectivity index is 1.61. The summed E-state index contributed by atoms with van der Waals surface area (Å²) in [5, 5.41) is 29.8. The van der Waals surface area contributed by atoms with Gasteiger partial charge >= 0.3 is 0 Å². The summed E-state index contributed by atoms with van der Waals surface area (Å²) in [5.41, 5.74) is 6.01. The molecule has 210 valence electrons. The fraction of sp³-hybridized carbons (Fsp3) is 0.304. The van der Waals surface area contributed by atoms with Crippen molar-refractivity contribution in [1.82, 2.24) is 5.06 Å². The molecule has 5 N–H and O–H groups in total. The summed E-state index contributed by atoms with van der Waals surface area (Å²) < 4.78 is 50.0. The first-order valence-corrected chi connectivity index (χ1v) is 14.6. The zero-order valence-electron chi connectivity index (χ0n) is 20.1. The van der Waals surface area contributed by atoms with Gasteiger partial charge in [-0.3, -0.25) is 9.39 Å². The molecule has 0 aromatic heterocycles. The number of nitrogens with zero attached hydrogens (tertiary/aromatic N) is 1. The minimum absolute atomic E-state index is 0.0654. The highest BCUT2D eigenvalue weighted by molar-refractivity contribution is 7.95. The second kappa shape index (κ2) is 12.2. The van der Waals surface area contributed by atoms with E-state index in [9.17, 15) is 13.0 Å². The molecule has 0 aliphatic carbocycles. The number of hydrogen-bond donors (Lipinski definition) is 4. The zero-order valence-corrected chi connectivity index (χ0v) is 22.6. The molecule has 0 radical (unpaired) electrons. The maximum atomic E-state index is 12.3. The largest absolute Gasteiger partial charge is 0.490 e. The third kappa shape index (κ3) is 6.03. The van der Waals surface area contributed by atoms with Crippen LogP contribution in [0.3, 0.4) is 0 Å². The van der Waals surface area contributed by atoms with Crippen molar-refractivity contribution < 1.29 is 51.8 Å². The topological polar surface area (TPSA) is 179 Å². The highest BCUT2D eigenvalue weighted by Crippen LogP contribution is 2.47. The quantitative estimate of drug-likeness (QED) is 0.0448. The molecule has 0 amide bonds. The Hall–Kier alpha value is -2.03. The maximum Gasteiger partial charge on any atom is 0.295 e. The monoisotopic (exact) mass is 600 g/mol. The van der Waals surface area contributed by atoms with E-state index in [4.69, 9.17) is 30.2 Å². The third-order valence-electron chi connectivity index (χ3n) is 6.37. The van der Waals surface area contributed by atoms with Crippen molar-refractivity contribution in [3.63, 3.8) is 0 Å². The molecule has 1 fully saturated rings. The molecule has 39 heavy (non-hydrogen) atoms. The zero-order chi connectivity index (χ0) is 27.6. The van der Waals surface area contributed by atoms with E-state index in [2.05, 4.69) is 14.4 Å². The maximum absolute atomic E-state index is 12.3. The molecule has 4 aromatic carbocycles. The van der Waals surface area contributed by atoms with E-state index in [1.807, 2.05) is 5.06 Å². The third-order valence-corrected chi connectivity index (χ3v) is 8.55. The van der Waals surface area contributed by atoms with E-state index in [1.54, 1.807) is 30.3 Å². The Morgan fingerprint density at radius 1 is 0.923 bits per heavy atom. The smallest absolute Gasteiger partial charge is 0.295 e. The number of benzene rings is 4. The molecule has 1 atom stereocenters. The van der Waals surface area contributed by atoms with Crippen molar-refractivity contribution in [2.24, 2.45) is 5.73 Å². The molecule has 4 aromatic rings. The second-order valence-corrected chi connectivity index (χ2v) is 11.6. The molecule has 1 aliphatic rings. The van der Waals surface area contributed by atoms with Gasteiger partial charge in [0.1, 0.15) is 23.9 Å². The fourth-order valence-electron chi connectivity index (χ4n) is 4.85. The first-order valence-electron chi connectivity index (χ1n) is 11.6. The fourth-order valence-corrected chi connectivity index (χ4v) is 6.69. The predicted molar refractivity (Wildman–Crippen MR) is 142 cm³/mol. The van der Waals surface area contributed by atoms with Crippen LogP contribution in [-0.2, 0) is 33.7 Å². The molecule has 16 heteroatoms. The summed E-state index contributed by atoms with van der Waals surface area (Å²) in [6.45, 7) is 1.88. The standard InChI is InChI=1S/C23H24N2O11S3/c24-13-2-1-7-25(12-13)32-9-8-31-18-10-19(37-35-33-26)15-4-5-16-20(38-36-34-27)11-21(39(28,29)30)17-6-3-14(18)22(15)23(16)17/h3-6,10-11,13,26-27H,1-2,7-9,12,24H2,(H,28,29,30). The van der Waals surface area contributed by atoms with E-state index in [0.717, 1.165) is 31.4 Å². The highest BCUT2D eigenvalue weighted by Gasteiger charge is 2.24. The van der Waals surface area contributed by atoms with Crippen LogP contribution in [0.2, 0.25) is 0 Å². The van der Waals surface area contributed by atoms with E-state index in [0.29, 0.717) is 56.2 Å². The van der Waals surface area contributed by atoms with Gasteiger partial charge < -0.3 is 10.5 Å². The van der Waals surface area contributed by atoms with Crippen LogP contribution in [0.25, 0.3) is 32.3 Å². The van der Waals surface area contributed by atoms with Gasteiger partial charge in [0.15, 0.2) is 0 Å². The number of hydroxylamine groups is 2. The summed E-state index contributed by atoms with van der Waals surface area (Å²) in [6, 6.07) is 9.72. The van der Waals surface area contributed by atoms with Gasteiger partial charge in [0.2, 0.25) is 0 Å². The lowest BCUT2D eigenvalue weighted by Gasteiger charge is -2.29. The van der Waals surface area contributed by atoms with Gasteiger partial charge in [-0.1, -0.05) is 28.3 Å². The molecule has 13 nitrogen and oxygen atoms in total. The van der Waals surface area contributed by atoms with Crippen molar-refractivity contribution in [2.75, 3.05) is 26.3 Å². The summed E-state index contributed by atoms with van der Waals surface area (Å²) in [5.74, 6) is 0.432. The number of rotatable bonds is 12. The Bertz CT molecular complexity index is 1570. The lowest BCUT2D eigenvalue weighted by molar-refractivity contribution is -0.432. The van der Waals surface area contributed by atoms with Gasteiger partial charge in [-0.05, 0) is 41.8 Å². The van der Waals surface area contributed by atoms with Crippen LogP contribution in [0.1, 0.15) is 12.8 Å². The Labute approximate surface area is 230 Å². The van der Waals surface area contributed by atoms with Crippen LogP contribution >= 0.6 is 24.1 Å². The second-order valence-electron chi connectivity index (χ2n) is 8.72. The highest BCUT2D eigenvalue weighted by atomic mass is 32.2. The normalized spacial score (nSPS) is 17.1. The SMILES string of the molecule is NC1CCCN(OCCOc2cc(SOOO)c3ccc4c(SOOO)cc(S(=O)(=O)O)c5ccc2c3c45)C1. The van der Waals surface area contributed by atoms with Crippen LogP contribution in [0, 0.1) is 0 Å². The number of hydrogen-bond acceptors (Lipinski definition) is 14. The van der Waals surface area contributed by atoms with Crippen molar-refractivity contribution in [1.29, 1.82) is 0 Å². The van der Waals surface area contributed by atoms with E-state index < -0.39 is 10.1 Å². The van der Waals surface area contributed by atoms with Crippen molar-refractivity contribution in [2.45, 2.75) is 33.6 Å². The predicted octanol–water partition coefficient (Wildman–Crippen LogP) is 4.42. The Morgan fingerprint density at radius 2 is 1.54 bits per heavy atom. The van der Waals surface area contributed by atoms with Crippen molar-refractivity contribution >= 4 is 66.5 Å². The van der Waals surface area contributed by atoms with Crippen LogP contribution in [0.5, 0.6) is 5.75 Å². The average molecular weight is 601 g/mol. The first kappa shape index (κ1) is 28.5. The van der Waals surface area contributed by atoms with Crippen LogP contribution in [0.4, 0.5) is 0 Å². The van der Waals surface area contributed by atoms with E-state index in [-0.39, 0.29) is 34.4 Å². The molecule has 0 spiro atoms. The molecule has 1 heterocycles. The lowest BCUT2D eigenvalue weighted by atomic mass is 9.93. The van der Waals surface area contributed by atoms with Crippen LogP contribution in [0.15, 0.2) is 51.1 Å².